The number of hydrogen-bond acceptors (Lipinski definition) is 7. The highest BCUT2D eigenvalue weighted by Crippen LogP contribution is 2.34. The fourth-order valence-corrected chi connectivity index (χ4v) is 6.00. The van der Waals surface area contributed by atoms with E-state index in [0.717, 1.165) is 5.56 Å². The molecule has 2 aliphatic heterocycles. The molecule has 2 aromatic carbocycles. The van der Waals surface area contributed by atoms with E-state index in [1.54, 1.807) is 48.7 Å². The second-order valence-electron chi connectivity index (χ2n) is 9.29. The van der Waals surface area contributed by atoms with Gasteiger partial charge in [0.05, 0.1) is 48.0 Å². The van der Waals surface area contributed by atoms with Crippen molar-refractivity contribution >= 4 is 33.3 Å². The van der Waals surface area contributed by atoms with Crippen molar-refractivity contribution in [2.45, 2.75) is 32.4 Å². The number of aryl methyl sites for hydroxylation is 1. The number of nitrogens with one attached hydrogen (secondary N) is 1. The van der Waals surface area contributed by atoms with Gasteiger partial charge in [-0.3, -0.25) is 18.7 Å². The minimum absolute atomic E-state index is 0.00197. The smallest absolute Gasteiger partial charge is 0.253 e. The number of anilines is 1. The molecule has 5 rings (SSSR count). The molecule has 192 valence electrons. The summed E-state index contributed by atoms with van der Waals surface area (Å²) in [7, 11) is -2.11. The van der Waals surface area contributed by atoms with Crippen LogP contribution in [0, 0.1) is 6.92 Å². The molecule has 1 atom stereocenters. The molecule has 0 radical (unpaired) electrons. The van der Waals surface area contributed by atoms with Gasteiger partial charge in [0.2, 0.25) is 15.9 Å². The van der Waals surface area contributed by atoms with E-state index < -0.39 is 22.0 Å². The molecule has 2 amide bonds. The Balaban J connectivity index is 1.42. The van der Waals surface area contributed by atoms with E-state index in [0.29, 0.717) is 28.2 Å². The lowest BCUT2D eigenvalue weighted by atomic mass is 10.0. The highest BCUT2D eigenvalue weighted by Gasteiger charge is 2.35. The Bertz CT molecular complexity index is 1520. The quantitative estimate of drug-likeness (QED) is 0.537. The summed E-state index contributed by atoms with van der Waals surface area (Å²) in [6, 6.07) is 11.6. The Kier molecular flexibility index (Phi) is 6.28. The van der Waals surface area contributed by atoms with Gasteiger partial charge in [-0.1, -0.05) is 29.5 Å². The number of ketones is 1. The lowest BCUT2D eigenvalue weighted by Crippen LogP contribution is -2.43. The molecule has 0 aliphatic carbocycles. The molecule has 3 aromatic rings. The minimum atomic E-state index is -3.61. The number of Topliss-reactive ketones (excluding diaryl/α,β-unsaturated/α-hetero) is 1. The second kappa shape index (κ2) is 9.43. The highest BCUT2D eigenvalue weighted by atomic mass is 32.2. The first kappa shape index (κ1) is 24.6. The van der Waals surface area contributed by atoms with E-state index in [2.05, 4.69) is 15.6 Å². The molecule has 1 aromatic heterocycles. The van der Waals surface area contributed by atoms with Crippen LogP contribution in [-0.2, 0) is 26.2 Å². The van der Waals surface area contributed by atoms with Crippen LogP contribution in [-0.4, -0.2) is 65.3 Å². The number of sulfonamides is 1. The monoisotopic (exact) mass is 522 g/mol. The number of carbonyl (C=O) groups is 3. The van der Waals surface area contributed by atoms with E-state index in [-0.39, 0.29) is 43.4 Å². The summed E-state index contributed by atoms with van der Waals surface area (Å²) in [5, 5.41) is 11.2. The van der Waals surface area contributed by atoms with E-state index in [1.807, 2.05) is 6.92 Å². The molecule has 1 fully saturated rings. The van der Waals surface area contributed by atoms with Crippen LogP contribution in [0.5, 0.6) is 0 Å². The molecule has 1 saturated heterocycles. The number of amides is 2. The Morgan fingerprint density at radius 2 is 1.89 bits per heavy atom. The number of piperidine rings is 1. The first-order valence-electron chi connectivity index (χ1n) is 11.8. The lowest BCUT2D eigenvalue weighted by Gasteiger charge is -2.33. The van der Waals surface area contributed by atoms with E-state index in [4.69, 9.17) is 0 Å². The second-order valence-corrected chi connectivity index (χ2v) is 11.3. The number of fused-ring (bicyclic) bond motifs is 1. The molecule has 12 heteroatoms. The van der Waals surface area contributed by atoms with E-state index >= 15 is 0 Å². The number of benzene rings is 2. The predicted octanol–water partition coefficient (Wildman–Crippen LogP) is 1.52. The summed E-state index contributed by atoms with van der Waals surface area (Å²) in [6.07, 6.45) is 2.06. The van der Waals surface area contributed by atoms with Crippen LogP contribution in [0.1, 0.15) is 46.1 Å². The first-order chi connectivity index (χ1) is 17.6. The molecule has 2 aliphatic rings. The molecular weight excluding hydrogens is 496 g/mol. The topological polar surface area (TPSA) is 135 Å². The Labute approximate surface area is 214 Å². The molecule has 11 nitrogen and oxygen atoms in total. The zero-order valence-electron chi connectivity index (χ0n) is 20.4. The summed E-state index contributed by atoms with van der Waals surface area (Å²) in [6.45, 7) is 2.06. The van der Waals surface area contributed by atoms with Gasteiger partial charge in [-0.15, -0.1) is 5.10 Å². The van der Waals surface area contributed by atoms with Crippen LogP contribution in [0.2, 0.25) is 0 Å². The van der Waals surface area contributed by atoms with Crippen LogP contribution in [0.15, 0.2) is 48.7 Å². The number of rotatable bonds is 5. The third-order valence-electron chi connectivity index (χ3n) is 6.63. The molecule has 0 saturated carbocycles. The summed E-state index contributed by atoms with van der Waals surface area (Å²) in [5.74, 6) is -0.826. The lowest BCUT2D eigenvalue weighted by molar-refractivity contribution is -0.140. The molecule has 37 heavy (non-hydrogen) atoms. The van der Waals surface area contributed by atoms with Crippen molar-refractivity contribution < 1.29 is 22.8 Å². The summed E-state index contributed by atoms with van der Waals surface area (Å²) < 4.78 is 28.1. The maximum Gasteiger partial charge on any atom is 0.253 e. The SMILES string of the molecule is Cc1ccc(C(=O)NC2CS(=O)(=O)N(C)c3ccccc32)c(-n2cc(CN3CC(=O)CCC3=O)nn2)c1. The molecule has 0 bridgehead atoms. The number of hydrogen-bond donors (Lipinski definition) is 1. The zero-order valence-corrected chi connectivity index (χ0v) is 21.2. The van der Waals surface area contributed by atoms with Crippen molar-refractivity contribution in [3.05, 3.63) is 71.0 Å². The molecule has 1 N–H and O–H groups in total. The van der Waals surface area contributed by atoms with Crippen molar-refractivity contribution in [1.82, 2.24) is 25.2 Å². The van der Waals surface area contributed by atoms with E-state index in [9.17, 15) is 22.8 Å². The van der Waals surface area contributed by atoms with Crippen LogP contribution >= 0.6 is 0 Å². The van der Waals surface area contributed by atoms with Gasteiger partial charge in [0.15, 0.2) is 5.78 Å². The molecule has 3 heterocycles. The van der Waals surface area contributed by atoms with Crippen LogP contribution in [0.25, 0.3) is 5.69 Å². The average molecular weight is 523 g/mol. The van der Waals surface area contributed by atoms with Crippen LogP contribution in [0.3, 0.4) is 0 Å². The number of nitrogens with zero attached hydrogens (tertiary/aromatic N) is 5. The van der Waals surface area contributed by atoms with Gasteiger partial charge in [0.25, 0.3) is 5.91 Å². The number of likely N-dealkylation sites (tertiary alicyclic amines) is 1. The highest BCUT2D eigenvalue weighted by molar-refractivity contribution is 7.92. The summed E-state index contributed by atoms with van der Waals surface area (Å²) >= 11 is 0. The van der Waals surface area contributed by atoms with Crippen molar-refractivity contribution in [3.63, 3.8) is 0 Å². The van der Waals surface area contributed by atoms with Crippen molar-refractivity contribution in [2.75, 3.05) is 23.7 Å². The summed E-state index contributed by atoms with van der Waals surface area (Å²) in [4.78, 5) is 38.8. The largest absolute Gasteiger partial charge is 0.344 e. The van der Waals surface area contributed by atoms with Crippen molar-refractivity contribution in [3.8, 4) is 5.69 Å². The van der Waals surface area contributed by atoms with Crippen LogP contribution < -0.4 is 9.62 Å². The fourth-order valence-electron chi connectivity index (χ4n) is 4.62. The molecule has 1 unspecified atom stereocenters. The Hall–Kier alpha value is -4.06. The van der Waals surface area contributed by atoms with Gasteiger partial charge >= 0.3 is 0 Å². The number of para-hydroxylation sites is 1. The van der Waals surface area contributed by atoms with Gasteiger partial charge in [-0.25, -0.2) is 13.1 Å². The first-order valence-corrected chi connectivity index (χ1v) is 13.4. The standard InChI is InChI=1S/C25H26N6O5S/c1-16-7-9-20(25(34)26-21-15-37(35,36)29(2)22-6-4-3-5-19(21)22)23(11-16)31-13-17(27-28-31)12-30-14-18(32)8-10-24(30)33/h3-7,9,11,13,21H,8,10,12,14-15H2,1-2H3,(H,26,34). The Morgan fingerprint density at radius 3 is 2.70 bits per heavy atom. The molecule has 0 spiro atoms. The zero-order chi connectivity index (χ0) is 26.3. The normalized spacial score (nSPS) is 19.0. The van der Waals surface area contributed by atoms with Crippen molar-refractivity contribution in [1.29, 1.82) is 0 Å². The van der Waals surface area contributed by atoms with Gasteiger partial charge in [-0.2, -0.15) is 0 Å². The number of aromatic nitrogens is 3. The minimum Gasteiger partial charge on any atom is -0.344 e. The van der Waals surface area contributed by atoms with Crippen LogP contribution in [0.4, 0.5) is 5.69 Å². The van der Waals surface area contributed by atoms with Gasteiger partial charge in [0.1, 0.15) is 5.69 Å². The Morgan fingerprint density at radius 1 is 1.11 bits per heavy atom. The molecular formula is C25H26N6O5S. The van der Waals surface area contributed by atoms with E-state index in [1.165, 1.54) is 20.9 Å². The van der Waals surface area contributed by atoms with Gasteiger partial charge < -0.3 is 10.2 Å². The summed E-state index contributed by atoms with van der Waals surface area (Å²) in [5.41, 5.74) is 3.35. The third kappa shape index (κ3) is 4.84. The fraction of sp³-hybridized carbons (Fsp3) is 0.320. The predicted molar refractivity (Wildman–Crippen MR) is 135 cm³/mol. The average Bonchev–Trinajstić information content (AvgIpc) is 3.33. The number of carbonyl (C=O) groups excluding carboxylic acids is 3. The van der Waals surface area contributed by atoms with Crippen molar-refractivity contribution in [2.24, 2.45) is 0 Å². The maximum atomic E-state index is 13.5. The van der Waals surface area contributed by atoms with Gasteiger partial charge in [-0.05, 0) is 36.2 Å². The third-order valence-corrected chi connectivity index (χ3v) is 8.41. The maximum absolute atomic E-state index is 13.5. The van der Waals surface area contributed by atoms with Gasteiger partial charge in [0, 0.05) is 19.9 Å².